The molecule has 0 fully saturated rings. The van der Waals surface area contributed by atoms with Crippen LogP contribution >= 0.6 is 11.6 Å². The normalized spacial score (nSPS) is 10.5. The SMILES string of the molecule is CC(C)CCOC(=O)c1ccc(Cl)c(N)c1. The van der Waals surface area contributed by atoms with Crippen LogP contribution in [0.1, 0.15) is 30.6 Å². The van der Waals surface area contributed by atoms with Gasteiger partial charge < -0.3 is 10.5 Å². The summed E-state index contributed by atoms with van der Waals surface area (Å²) in [6, 6.07) is 4.73. The fourth-order valence-electron chi connectivity index (χ4n) is 1.14. The topological polar surface area (TPSA) is 52.3 Å². The molecule has 0 atom stereocenters. The molecule has 3 nitrogen and oxygen atoms in total. The molecule has 0 spiro atoms. The predicted octanol–water partition coefficient (Wildman–Crippen LogP) is 3.13. The summed E-state index contributed by atoms with van der Waals surface area (Å²) in [5, 5.41) is 0.443. The van der Waals surface area contributed by atoms with Crippen LogP contribution < -0.4 is 5.73 Å². The summed E-state index contributed by atoms with van der Waals surface area (Å²) < 4.78 is 5.10. The van der Waals surface area contributed by atoms with Crippen molar-refractivity contribution in [2.45, 2.75) is 20.3 Å². The number of rotatable bonds is 4. The summed E-state index contributed by atoms with van der Waals surface area (Å²) in [5.74, 6) is 0.159. The van der Waals surface area contributed by atoms with Gasteiger partial charge in [-0.3, -0.25) is 0 Å². The van der Waals surface area contributed by atoms with Crippen molar-refractivity contribution in [2.75, 3.05) is 12.3 Å². The summed E-state index contributed by atoms with van der Waals surface area (Å²) in [6.07, 6.45) is 0.856. The van der Waals surface area contributed by atoms with Gasteiger partial charge in [0.05, 0.1) is 22.9 Å². The van der Waals surface area contributed by atoms with Crippen molar-refractivity contribution in [3.8, 4) is 0 Å². The Hall–Kier alpha value is -1.22. The largest absolute Gasteiger partial charge is 0.462 e. The van der Waals surface area contributed by atoms with Gasteiger partial charge in [-0.05, 0) is 30.5 Å². The van der Waals surface area contributed by atoms with Crippen molar-refractivity contribution >= 4 is 23.3 Å². The number of esters is 1. The highest BCUT2D eigenvalue weighted by atomic mass is 35.5. The highest BCUT2D eigenvalue weighted by Gasteiger charge is 2.08. The number of anilines is 1. The van der Waals surface area contributed by atoms with E-state index in [0.29, 0.717) is 28.8 Å². The molecule has 0 aliphatic rings. The molecule has 0 aliphatic heterocycles. The lowest BCUT2D eigenvalue weighted by atomic mass is 10.1. The first-order valence-corrected chi connectivity index (χ1v) is 5.60. The van der Waals surface area contributed by atoms with Gasteiger partial charge in [-0.1, -0.05) is 25.4 Å². The van der Waals surface area contributed by atoms with Gasteiger partial charge in [0.25, 0.3) is 0 Å². The van der Waals surface area contributed by atoms with Gasteiger partial charge in [-0.2, -0.15) is 0 Å². The molecular weight excluding hydrogens is 226 g/mol. The zero-order chi connectivity index (χ0) is 12.1. The number of nitrogens with two attached hydrogens (primary N) is 1. The summed E-state index contributed by atoms with van der Waals surface area (Å²) in [5.41, 5.74) is 6.42. The molecule has 0 heterocycles. The Morgan fingerprint density at radius 3 is 2.75 bits per heavy atom. The van der Waals surface area contributed by atoms with Crippen LogP contribution in [0.3, 0.4) is 0 Å². The van der Waals surface area contributed by atoms with Crippen LogP contribution in [0.15, 0.2) is 18.2 Å². The molecule has 0 aliphatic carbocycles. The third kappa shape index (κ3) is 3.74. The molecule has 88 valence electrons. The highest BCUT2D eigenvalue weighted by Crippen LogP contribution is 2.19. The summed E-state index contributed by atoms with van der Waals surface area (Å²) in [4.78, 5) is 11.6. The Balaban J connectivity index is 2.56. The van der Waals surface area contributed by atoms with Crippen LogP contribution in [-0.2, 0) is 4.74 Å². The molecule has 0 unspecified atom stereocenters. The minimum atomic E-state index is -0.357. The number of benzene rings is 1. The molecule has 2 N–H and O–H groups in total. The van der Waals surface area contributed by atoms with Gasteiger partial charge in [-0.15, -0.1) is 0 Å². The van der Waals surface area contributed by atoms with E-state index >= 15 is 0 Å². The van der Waals surface area contributed by atoms with Crippen molar-refractivity contribution in [1.82, 2.24) is 0 Å². The lowest BCUT2D eigenvalue weighted by Gasteiger charge is -2.07. The van der Waals surface area contributed by atoms with Gasteiger partial charge in [0.15, 0.2) is 0 Å². The van der Waals surface area contributed by atoms with Gasteiger partial charge in [-0.25, -0.2) is 4.79 Å². The fraction of sp³-hybridized carbons (Fsp3) is 0.417. The first-order chi connectivity index (χ1) is 7.50. The van der Waals surface area contributed by atoms with Gasteiger partial charge in [0, 0.05) is 0 Å². The molecule has 0 saturated heterocycles. The molecule has 0 amide bonds. The molecule has 16 heavy (non-hydrogen) atoms. The number of carbonyl (C=O) groups is 1. The Morgan fingerprint density at radius 2 is 2.19 bits per heavy atom. The number of ether oxygens (including phenoxy) is 1. The lowest BCUT2D eigenvalue weighted by Crippen LogP contribution is -2.08. The maximum atomic E-state index is 11.6. The van der Waals surface area contributed by atoms with Crippen LogP contribution in [0.25, 0.3) is 0 Å². The fourth-order valence-corrected chi connectivity index (χ4v) is 1.26. The first kappa shape index (κ1) is 12.8. The Labute approximate surface area is 101 Å². The van der Waals surface area contributed by atoms with Crippen molar-refractivity contribution in [3.63, 3.8) is 0 Å². The molecule has 0 saturated carbocycles. The van der Waals surface area contributed by atoms with Gasteiger partial charge in [0.1, 0.15) is 0 Å². The second-order valence-electron chi connectivity index (χ2n) is 4.05. The maximum Gasteiger partial charge on any atom is 0.338 e. The van der Waals surface area contributed by atoms with E-state index in [1.165, 1.54) is 6.07 Å². The number of carbonyl (C=O) groups excluding carboxylic acids is 1. The molecule has 0 bridgehead atoms. The molecular formula is C12H16ClNO2. The average Bonchev–Trinajstić information content (AvgIpc) is 2.21. The number of hydrogen-bond acceptors (Lipinski definition) is 3. The van der Waals surface area contributed by atoms with Crippen LogP contribution in [0, 0.1) is 5.92 Å². The van der Waals surface area contributed by atoms with Crippen molar-refractivity contribution in [1.29, 1.82) is 0 Å². The molecule has 0 aromatic heterocycles. The van der Waals surface area contributed by atoms with E-state index in [2.05, 4.69) is 13.8 Å². The van der Waals surface area contributed by atoms with Gasteiger partial charge in [0.2, 0.25) is 0 Å². The third-order valence-electron chi connectivity index (χ3n) is 2.16. The van der Waals surface area contributed by atoms with Crippen molar-refractivity contribution < 1.29 is 9.53 Å². The second kappa shape index (κ2) is 5.75. The molecule has 4 heteroatoms. The van der Waals surface area contributed by atoms with Crippen LogP contribution in [0.5, 0.6) is 0 Å². The Morgan fingerprint density at radius 1 is 1.50 bits per heavy atom. The van der Waals surface area contributed by atoms with Crippen LogP contribution in [-0.4, -0.2) is 12.6 Å². The van der Waals surface area contributed by atoms with Crippen molar-refractivity contribution in [3.05, 3.63) is 28.8 Å². The average molecular weight is 242 g/mol. The maximum absolute atomic E-state index is 11.6. The minimum Gasteiger partial charge on any atom is -0.462 e. The van der Waals surface area contributed by atoms with Crippen LogP contribution in [0.4, 0.5) is 5.69 Å². The number of hydrogen-bond donors (Lipinski definition) is 1. The van der Waals surface area contributed by atoms with E-state index in [-0.39, 0.29) is 5.97 Å². The highest BCUT2D eigenvalue weighted by molar-refractivity contribution is 6.33. The van der Waals surface area contributed by atoms with Crippen molar-refractivity contribution in [2.24, 2.45) is 5.92 Å². The third-order valence-corrected chi connectivity index (χ3v) is 2.50. The molecule has 1 aromatic carbocycles. The van der Waals surface area contributed by atoms with E-state index < -0.39 is 0 Å². The number of halogens is 1. The van der Waals surface area contributed by atoms with E-state index in [1.807, 2.05) is 0 Å². The van der Waals surface area contributed by atoms with Crippen LogP contribution in [0.2, 0.25) is 5.02 Å². The second-order valence-corrected chi connectivity index (χ2v) is 4.46. The summed E-state index contributed by atoms with van der Waals surface area (Å²) in [7, 11) is 0. The lowest BCUT2D eigenvalue weighted by molar-refractivity contribution is 0.0488. The first-order valence-electron chi connectivity index (χ1n) is 5.23. The smallest absolute Gasteiger partial charge is 0.338 e. The van der Waals surface area contributed by atoms with E-state index in [0.717, 1.165) is 6.42 Å². The quantitative estimate of drug-likeness (QED) is 0.651. The number of nitrogen functional groups attached to an aromatic ring is 1. The molecule has 1 rings (SSSR count). The Bertz CT molecular complexity index is 377. The molecule has 1 aromatic rings. The summed E-state index contributed by atoms with van der Waals surface area (Å²) >= 11 is 5.75. The molecule has 0 radical (unpaired) electrons. The van der Waals surface area contributed by atoms with Gasteiger partial charge >= 0.3 is 5.97 Å². The summed E-state index contributed by atoms with van der Waals surface area (Å²) in [6.45, 7) is 4.58. The minimum absolute atomic E-state index is 0.357. The monoisotopic (exact) mass is 241 g/mol. The zero-order valence-corrected chi connectivity index (χ0v) is 10.3. The van der Waals surface area contributed by atoms with E-state index in [9.17, 15) is 4.79 Å². The van der Waals surface area contributed by atoms with E-state index in [4.69, 9.17) is 22.1 Å². The standard InChI is InChI=1S/C12H16ClNO2/c1-8(2)5-6-16-12(15)9-3-4-10(13)11(14)7-9/h3-4,7-8H,5-6,14H2,1-2H3. The predicted molar refractivity (Wildman–Crippen MR) is 65.6 cm³/mol. The van der Waals surface area contributed by atoms with E-state index in [1.54, 1.807) is 12.1 Å². The Kier molecular flexibility index (Phi) is 4.62. The zero-order valence-electron chi connectivity index (χ0n) is 9.50.